The first kappa shape index (κ1) is 19.5. The molecule has 0 unspecified atom stereocenters. The summed E-state index contributed by atoms with van der Waals surface area (Å²) in [5.74, 6) is 1.35. The SMILES string of the molecule is COc1cc(B2OC(C)(C)C(C)(C)O2)ccc1OC/C=C/c1ccccc1. The van der Waals surface area contributed by atoms with Crippen LogP contribution in [0, 0.1) is 0 Å². The Balaban J connectivity index is 1.67. The van der Waals surface area contributed by atoms with Crippen LogP contribution in [0.15, 0.2) is 54.6 Å². The second-order valence-electron chi connectivity index (χ2n) is 7.62. The van der Waals surface area contributed by atoms with Gasteiger partial charge in [0.2, 0.25) is 0 Å². The van der Waals surface area contributed by atoms with Crippen molar-refractivity contribution in [2.24, 2.45) is 0 Å². The lowest BCUT2D eigenvalue weighted by atomic mass is 9.79. The van der Waals surface area contributed by atoms with Crippen LogP contribution < -0.4 is 14.9 Å². The standard InChI is InChI=1S/C22H27BO4/c1-21(2)22(3,4)27-23(26-21)18-13-14-19(20(16-18)24-5)25-15-9-12-17-10-7-6-8-11-17/h6-14,16H,15H2,1-5H3/b12-9+. The lowest BCUT2D eigenvalue weighted by Gasteiger charge is -2.32. The van der Waals surface area contributed by atoms with E-state index >= 15 is 0 Å². The monoisotopic (exact) mass is 366 g/mol. The Hall–Kier alpha value is -2.24. The summed E-state index contributed by atoms with van der Waals surface area (Å²) in [6.07, 6.45) is 4.02. The molecule has 0 saturated carbocycles. The molecular weight excluding hydrogens is 339 g/mol. The molecule has 0 atom stereocenters. The van der Waals surface area contributed by atoms with Crippen LogP contribution in [0.25, 0.3) is 6.08 Å². The van der Waals surface area contributed by atoms with Crippen LogP contribution in [0.5, 0.6) is 11.5 Å². The van der Waals surface area contributed by atoms with Gasteiger partial charge in [0.15, 0.2) is 11.5 Å². The first-order chi connectivity index (χ1) is 12.8. The van der Waals surface area contributed by atoms with Crippen molar-refractivity contribution >= 4 is 18.7 Å². The molecule has 0 N–H and O–H groups in total. The van der Waals surface area contributed by atoms with E-state index < -0.39 is 7.12 Å². The van der Waals surface area contributed by atoms with Gasteiger partial charge in [0.1, 0.15) is 6.61 Å². The minimum Gasteiger partial charge on any atom is -0.493 e. The Bertz CT molecular complexity index is 783. The molecule has 5 heteroatoms. The zero-order valence-electron chi connectivity index (χ0n) is 16.7. The summed E-state index contributed by atoms with van der Waals surface area (Å²) in [6, 6.07) is 15.9. The molecule has 2 aromatic rings. The van der Waals surface area contributed by atoms with Gasteiger partial charge in [-0.1, -0.05) is 42.5 Å². The quantitative estimate of drug-likeness (QED) is 0.722. The van der Waals surface area contributed by atoms with Gasteiger partial charge < -0.3 is 18.8 Å². The van der Waals surface area contributed by atoms with E-state index in [1.165, 1.54) is 0 Å². The third-order valence-electron chi connectivity index (χ3n) is 5.16. The fourth-order valence-electron chi connectivity index (χ4n) is 2.82. The summed E-state index contributed by atoms with van der Waals surface area (Å²) in [7, 11) is 1.21. The van der Waals surface area contributed by atoms with Crippen LogP contribution >= 0.6 is 0 Å². The lowest BCUT2D eigenvalue weighted by Crippen LogP contribution is -2.41. The second kappa shape index (κ2) is 7.79. The molecule has 0 amide bonds. The van der Waals surface area contributed by atoms with E-state index in [1.807, 2.05) is 76.2 Å². The highest BCUT2D eigenvalue weighted by Crippen LogP contribution is 2.37. The molecule has 1 fully saturated rings. The number of hydrogen-bond acceptors (Lipinski definition) is 4. The van der Waals surface area contributed by atoms with Gasteiger partial charge in [0, 0.05) is 0 Å². The predicted molar refractivity (Wildman–Crippen MR) is 110 cm³/mol. The maximum atomic E-state index is 6.11. The molecule has 3 rings (SSSR count). The topological polar surface area (TPSA) is 36.9 Å². The molecular formula is C22H27BO4. The molecule has 1 aliphatic heterocycles. The fourth-order valence-corrected chi connectivity index (χ4v) is 2.82. The zero-order chi connectivity index (χ0) is 19.5. The Labute approximate surface area is 162 Å². The van der Waals surface area contributed by atoms with Crippen molar-refractivity contribution in [2.75, 3.05) is 13.7 Å². The zero-order valence-corrected chi connectivity index (χ0v) is 16.7. The highest BCUT2D eigenvalue weighted by Gasteiger charge is 2.51. The maximum absolute atomic E-state index is 6.11. The van der Waals surface area contributed by atoms with E-state index in [9.17, 15) is 0 Å². The van der Waals surface area contributed by atoms with Crippen molar-refractivity contribution in [1.29, 1.82) is 0 Å². The van der Waals surface area contributed by atoms with E-state index in [0.717, 1.165) is 11.0 Å². The number of methoxy groups -OCH3 is 1. The number of rotatable bonds is 6. The molecule has 0 spiro atoms. The van der Waals surface area contributed by atoms with Gasteiger partial charge in [-0.15, -0.1) is 0 Å². The molecule has 0 aliphatic carbocycles. The third-order valence-corrected chi connectivity index (χ3v) is 5.16. The van der Waals surface area contributed by atoms with Crippen molar-refractivity contribution in [3.05, 3.63) is 60.2 Å². The summed E-state index contributed by atoms with van der Waals surface area (Å²) in [4.78, 5) is 0. The van der Waals surface area contributed by atoms with Gasteiger partial charge in [-0.25, -0.2) is 0 Å². The summed E-state index contributed by atoms with van der Waals surface area (Å²) in [5.41, 5.74) is 1.31. The van der Waals surface area contributed by atoms with Crippen molar-refractivity contribution in [3.8, 4) is 11.5 Å². The predicted octanol–water partition coefficient (Wildman–Crippen LogP) is 4.09. The Kier molecular flexibility index (Phi) is 5.63. The largest absolute Gasteiger partial charge is 0.494 e. The van der Waals surface area contributed by atoms with Crippen molar-refractivity contribution in [1.82, 2.24) is 0 Å². The van der Waals surface area contributed by atoms with Gasteiger partial charge in [-0.05, 0) is 56.9 Å². The summed E-state index contributed by atoms with van der Waals surface area (Å²) in [5, 5.41) is 0. The van der Waals surface area contributed by atoms with Crippen molar-refractivity contribution in [2.45, 2.75) is 38.9 Å². The average molecular weight is 366 g/mol. The van der Waals surface area contributed by atoms with E-state index in [4.69, 9.17) is 18.8 Å². The molecule has 1 saturated heterocycles. The molecule has 0 radical (unpaired) electrons. The van der Waals surface area contributed by atoms with E-state index in [0.29, 0.717) is 18.1 Å². The fraction of sp³-hybridized carbons (Fsp3) is 0.364. The summed E-state index contributed by atoms with van der Waals surface area (Å²) >= 11 is 0. The van der Waals surface area contributed by atoms with Gasteiger partial charge in [0.25, 0.3) is 0 Å². The van der Waals surface area contributed by atoms with E-state index in [-0.39, 0.29) is 11.2 Å². The highest BCUT2D eigenvalue weighted by molar-refractivity contribution is 6.62. The van der Waals surface area contributed by atoms with Crippen LogP contribution in [0.3, 0.4) is 0 Å². The van der Waals surface area contributed by atoms with Gasteiger partial charge in [-0.3, -0.25) is 0 Å². The maximum Gasteiger partial charge on any atom is 0.494 e. The summed E-state index contributed by atoms with van der Waals surface area (Å²) in [6.45, 7) is 8.63. The van der Waals surface area contributed by atoms with Crippen LogP contribution in [0.1, 0.15) is 33.3 Å². The molecule has 0 aromatic heterocycles. The van der Waals surface area contributed by atoms with Gasteiger partial charge >= 0.3 is 7.12 Å². The second-order valence-corrected chi connectivity index (χ2v) is 7.62. The number of hydrogen-bond donors (Lipinski definition) is 0. The van der Waals surface area contributed by atoms with E-state index in [2.05, 4.69) is 12.1 Å². The van der Waals surface area contributed by atoms with Crippen molar-refractivity contribution < 1.29 is 18.8 Å². The average Bonchev–Trinajstić information content (AvgIpc) is 2.87. The lowest BCUT2D eigenvalue weighted by molar-refractivity contribution is 0.00578. The van der Waals surface area contributed by atoms with Gasteiger partial charge in [0.05, 0.1) is 18.3 Å². The Morgan fingerprint density at radius 1 is 0.926 bits per heavy atom. The van der Waals surface area contributed by atoms with Gasteiger partial charge in [-0.2, -0.15) is 0 Å². The minimum atomic E-state index is -0.420. The number of ether oxygens (including phenoxy) is 2. The molecule has 1 aliphatic rings. The normalized spacial score (nSPS) is 18.0. The molecule has 27 heavy (non-hydrogen) atoms. The molecule has 2 aromatic carbocycles. The van der Waals surface area contributed by atoms with Crippen LogP contribution in [-0.4, -0.2) is 32.0 Å². The highest BCUT2D eigenvalue weighted by atomic mass is 16.7. The van der Waals surface area contributed by atoms with Crippen LogP contribution in [0.2, 0.25) is 0 Å². The Morgan fingerprint density at radius 2 is 1.59 bits per heavy atom. The molecule has 4 nitrogen and oxygen atoms in total. The number of benzene rings is 2. The first-order valence-electron chi connectivity index (χ1n) is 9.20. The van der Waals surface area contributed by atoms with Crippen LogP contribution in [0.4, 0.5) is 0 Å². The van der Waals surface area contributed by atoms with Crippen LogP contribution in [-0.2, 0) is 9.31 Å². The summed E-state index contributed by atoms with van der Waals surface area (Å²) < 4.78 is 23.6. The molecule has 1 heterocycles. The Morgan fingerprint density at radius 3 is 2.22 bits per heavy atom. The molecule has 142 valence electrons. The van der Waals surface area contributed by atoms with Crippen molar-refractivity contribution in [3.63, 3.8) is 0 Å². The smallest absolute Gasteiger partial charge is 0.493 e. The minimum absolute atomic E-state index is 0.373. The molecule has 0 bridgehead atoms. The van der Waals surface area contributed by atoms with E-state index in [1.54, 1.807) is 7.11 Å². The first-order valence-corrected chi connectivity index (χ1v) is 9.20. The third kappa shape index (κ3) is 4.37.